The molecule has 0 saturated carbocycles. The van der Waals surface area contributed by atoms with E-state index < -0.39 is 0 Å². The fourth-order valence-electron chi connectivity index (χ4n) is 0.408. The summed E-state index contributed by atoms with van der Waals surface area (Å²) in [5.41, 5.74) is 2.70. The van der Waals surface area contributed by atoms with Gasteiger partial charge in [0.2, 0.25) is 0 Å². The molecule has 0 aromatic heterocycles. The van der Waals surface area contributed by atoms with Crippen molar-refractivity contribution in [3.05, 3.63) is 0 Å². The highest BCUT2D eigenvalue weighted by Crippen LogP contribution is 1.86. The lowest BCUT2D eigenvalue weighted by Crippen LogP contribution is -2.11. The van der Waals surface area contributed by atoms with Gasteiger partial charge in [-0.05, 0) is 6.42 Å². The zero-order valence-corrected chi connectivity index (χ0v) is 8.02. The van der Waals surface area contributed by atoms with Gasteiger partial charge in [0.15, 0.2) is 0 Å². The molecule has 2 radical (unpaired) electrons. The molecule has 0 spiro atoms. The Morgan fingerprint density at radius 1 is 1.27 bits per heavy atom. The number of hydroxylamine groups is 1. The Labute approximate surface area is 72.1 Å². The van der Waals surface area contributed by atoms with Gasteiger partial charge in [-0.3, -0.25) is 0 Å². The van der Waals surface area contributed by atoms with Crippen LogP contribution in [0.4, 0.5) is 0 Å². The zero-order valence-electron chi connectivity index (χ0n) is 8.02. The van der Waals surface area contributed by atoms with Crippen LogP contribution in [0.2, 0.25) is 6.32 Å². The molecular weight excluding hydrogens is 137 g/mol. The van der Waals surface area contributed by atoms with Gasteiger partial charge in [0, 0.05) is 6.54 Å². The van der Waals surface area contributed by atoms with Gasteiger partial charge < -0.3 is 4.84 Å². The van der Waals surface area contributed by atoms with Gasteiger partial charge >= 0.3 is 0 Å². The Hall–Kier alpha value is -0.0151. The predicted octanol–water partition coefficient (Wildman–Crippen LogP) is 1.92. The van der Waals surface area contributed by atoms with E-state index >= 15 is 0 Å². The Kier molecular flexibility index (Phi) is 20.4. The Balaban J connectivity index is 0. The summed E-state index contributed by atoms with van der Waals surface area (Å²) in [7, 11) is 6.76. The molecule has 0 rings (SSSR count). The van der Waals surface area contributed by atoms with Crippen LogP contribution in [0.3, 0.4) is 0 Å². The molecule has 3 heteroatoms. The van der Waals surface area contributed by atoms with Crippen molar-refractivity contribution in [2.24, 2.45) is 0 Å². The van der Waals surface area contributed by atoms with E-state index in [4.69, 9.17) is 7.85 Å². The molecule has 0 amide bonds. The molecule has 0 aliphatic carbocycles. The molecule has 2 nitrogen and oxygen atoms in total. The van der Waals surface area contributed by atoms with Crippen molar-refractivity contribution in [2.75, 3.05) is 13.7 Å². The Bertz CT molecular complexity index is 47.4. The van der Waals surface area contributed by atoms with Crippen molar-refractivity contribution in [1.29, 1.82) is 0 Å². The molecule has 66 valence electrons. The molecule has 0 saturated heterocycles. The van der Waals surface area contributed by atoms with E-state index in [1.807, 2.05) is 0 Å². The number of nitrogens with one attached hydrogen (secondary N) is 1. The third-order valence-electron chi connectivity index (χ3n) is 1.05. The summed E-state index contributed by atoms with van der Waals surface area (Å²) in [6.45, 7) is 5.16. The SMILES string of the molecule is CCCNOC.[B]CCCC. The van der Waals surface area contributed by atoms with E-state index in [0.29, 0.717) is 0 Å². The average Bonchev–Trinajstić information content (AvgIpc) is 2.04. The van der Waals surface area contributed by atoms with Crippen LogP contribution in [0.5, 0.6) is 0 Å². The lowest BCUT2D eigenvalue weighted by atomic mass is 10.0. The lowest BCUT2D eigenvalue weighted by molar-refractivity contribution is 0.0920. The van der Waals surface area contributed by atoms with Crippen LogP contribution in [0.1, 0.15) is 33.1 Å². The summed E-state index contributed by atoms with van der Waals surface area (Å²) in [6.07, 6.45) is 4.35. The highest BCUT2D eigenvalue weighted by atomic mass is 16.6. The molecule has 11 heavy (non-hydrogen) atoms. The second-order valence-corrected chi connectivity index (χ2v) is 2.24. The van der Waals surface area contributed by atoms with Crippen LogP contribution < -0.4 is 5.48 Å². The molecule has 0 aliphatic rings. The van der Waals surface area contributed by atoms with Gasteiger partial charge in [-0.2, -0.15) is 0 Å². The Morgan fingerprint density at radius 3 is 2.00 bits per heavy atom. The van der Waals surface area contributed by atoms with Crippen molar-refractivity contribution in [2.45, 2.75) is 39.4 Å². The molecule has 0 atom stereocenters. The molecule has 0 unspecified atom stereocenters. The summed E-state index contributed by atoms with van der Waals surface area (Å²) in [5, 5.41) is 0. The zero-order chi connectivity index (χ0) is 8.95. The van der Waals surface area contributed by atoms with E-state index in [1.165, 1.54) is 12.8 Å². The second-order valence-electron chi connectivity index (χ2n) is 2.24. The maximum Gasteiger partial charge on any atom is 0.0652 e. The van der Waals surface area contributed by atoms with Crippen molar-refractivity contribution in [3.8, 4) is 0 Å². The standard InChI is InChI=1S/C4H9B.C4H11NO/c1-2-3-4-5;1-3-4-5-6-2/h2-4H2,1H3;5H,3-4H2,1-2H3. The minimum absolute atomic E-state index is 0.844. The maximum absolute atomic E-state index is 5.14. The molecule has 0 heterocycles. The third kappa shape index (κ3) is 25.6. The van der Waals surface area contributed by atoms with E-state index in [2.05, 4.69) is 24.2 Å². The Morgan fingerprint density at radius 2 is 1.91 bits per heavy atom. The predicted molar refractivity (Wildman–Crippen MR) is 50.8 cm³/mol. The number of unbranched alkanes of at least 4 members (excludes halogenated alkanes) is 1. The van der Waals surface area contributed by atoms with Crippen molar-refractivity contribution in [3.63, 3.8) is 0 Å². The molecule has 0 fully saturated rings. The van der Waals surface area contributed by atoms with Gasteiger partial charge in [0.25, 0.3) is 0 Å². The molecular formula is C8H20BNO. The number of rotatable bonds is 5. The largest absolute Gasteiger partial charge is 0.305 e. The quantitative estimate of drug-likeness (QED) is 0.374. The fourth-order valence-corrected chi connectivity index (χ4v) is 0.408. The second kappa shape index (κ2) is 16.5. The molecule has 1 N–H and O–H groups in total. The van der Waals surface area contributed by atoms with Crippen LogP contribution >= 0.6 is 0 Å². The highest BCUT2D eigenvalue weighted by Gasteiger charge is 1.71. The smallest absolute Gasteiger partial charge is 0.0652 e. The minimum atomic E-state index is 0.844. The van der Waals surface area contributed by atoms with Crippen LogP contribution in [0, 0.1) is 0 Å². The third-order valence-corrected chi connectivity index (χ3v) is 1.05. The first-order valence-corrected chi connectivity index (χ1v) is 4.29. The van der Waals surface area contributed by atoms with E-state index in [0.717, 1.165) is 19.3 Å². The van der Waals surface area contributed by atoms with Crippen LogP contribution in [0.15, 0.2) is 0 Å². The number of hydrogen-bond acceptors (Lipinski definition) is 2. The number of hydrogen-bond donors (Lipinski definition) is 1. The van der Waals surface area contributed by atoms with Gasteiger partial charge in [0.05, 0.1) is 15.0 Å². The van der Waals surface area contributed by atoms with Crippen LogP contribution in [0.25, 0.3) is 0 Å². The summed E-state index contributed by atoms with van der Waals surface area (Å²) in [6, 6.07) is 0. The first kappa shape index (κ1) is 13.6. The molecule has 0 aromatic rings. The van der Waals surface area contributed by atoms with Gasteiger partial charge in [0.1, 0.15) is 0 Å². The van der Waals surface area contributed by atoms with Crippen molar-refractivity contribution in [1.82, 2.24) is 5.48 Å². The molecule has 0 aromatic carbocycles. The van der Waals surface area contributed by atoms with E-state index in [-0.39, 0.29) is 0 Å². The summed E-state index contributed by atoms with van der Waals surface area (Å²) >= 11 is 0. The van der Waals surface area contributed by atoms with E-state index in [1.54, 1.807) is 7.11 Å². The normalized spacial score (nSPS) is 8.64. The monoisotopic (exact) mass is 157 g/mol. The minimum Gasteiger partial charge on any atom is -0.305 e. The lowest BCUT2D eigenvalue weighted by Gasteiger charge is -1.93. The molecule has 0 bridgehead atoms. The average molecular weight is 157 g/mol. The van der Waals surface area contributed by atoms with E-state index in [9.17, 15) is 0 Å². The molecule has 0 aliphatic heterocycles. The summed E-state index contributed by atoms with van der Waals surface area (Å²) < 4.78 is 0. The summed E-state index contributed by atoms with van der Waals surface area (Å²) in [4.78, 5) is 4.53. The topological polar surface area (TPSA) is 21.3 Å². The van der Waals surface area contributed by atoms with Gasteiger partial charge in [-0.15, -0.1) is 0 Å². The van der Waals surface area contributed by atoms with Crippen molar-refractivity contribution < 1.29 is 4.84 Å². The highest BCUT2D eigenvalue weighted by molar-refractivity contribution is 6.08. The van der Waals surface area contributed by atoms with Gasteiger partial charge in [-0.25, -0.2) is 5.48 Å². The van der Waals surface area contributed by atoms with Crippen LogP contribution in [-0.4, -0.2) is 21.5 Å². The maximum atomic E-state index is 5.14. The van der Waals surface area contributed by atoms with Crippen LogP contribution in [-0.2, 0) is 4.84 Å². The first-order valence-electron chi connectivity index (χ1n) is 4.29. The van der Waals surface area contributed by atoms with Crippen molar-refractivity contribution >= 4 is 7.85 Å². The summed E-state index contributed by atoms with van der Waals surface area (Å²) in [5.74, 6) is 0. The van der Waals surface area contributed by atoms with Gasteiger partial charge in [-0.1, -0.05) is 33.0 Å². The first-order chi connectivity index (χ1) is 5.33. The fraction of sp³-hybridized carbons (Fsp3) is 1.00.